The van der Waals surface area contributed by atoms with Gasteiger partial charge in [0.15, 0.2) is 5.11 Å². The second kappa shape index (κ2) is 8.71. The molecule has 1 fully saturated rings. The van der Waals surface area contributed by atoms with Gasteiger partial charge in [0.25, 0.3) is 5.91 Å². The Morgan fingerprint density at radius 2 is 1.90 bits per heavy atom. The van der Waals surface area contributed by atoms with E-state index in [0.29, 0.717) is 48.4 Å². The number of morpholine rings is 1. The number of benzene rings is 2. The van der Waals surface area contributed by atoms with E-state index in [2.05, 4.69) is 5.32 Å². The zero-order valence-corrected chi connectivity index (χ0v) is 18.0. The summed E-state index contributed by atoms with van der Waals surface area (Å²) in [4.78, 5) is 17.1. The first-order valence-electron chi connectivity index (χ1n) is 9.66. The van der Waals surface area contributed by atoms with Gasteiger partial charge in [-0.15, -0.1) is 0 Å². The Labute approximate surface area is 185 Å². The van der Waals surface area contributed by atoms with Crippen molar-refractivity contribution >= 4 is 40.5 Å². The molecule has 1 saturated heterocycles. The number of carbonyl (C=O) groups is 1. The fourth-order valence-electron chi connectivity index (χ4n) is 3.79. The molecule has 1 amide bonds. The molecule has 2 heterocycles. The molecule has 156 valence electrons. The van der Waals surface area contributed by atoms with E-state index in [9.17, 15) is 9.18 Å². The van der Waals surface area contributed by atoms with Crippen molar-refractivity contribution in [1.82, 2.24) is 10.2 Å². The van der Waals surface area contributed by atoms with Crippen LogP contribution >= 0.6 is 23.8 Å². The number of allylic oxidation sites excluding steroid dienone is 1. The van der Waals surface area contributed by atoms with Gasteiger partial charge in [-0.2, -0.15) is 0 Å². The monoisotopic (exact) mass is 445 g/mol. The number of thiocarbonyl (C=S) groups is 1. The van der Waals surface area contributed by atoms with Crippen molar-refractivity contribution in [2.45, 2.75) is 13.0 Å². The number of ether oxygens (including phenoxy) is 1. The van der Waals surface area contributed by atoms with Gasteiger partial charge in [-0.25, -0.2) is 4.39 Å². The highest BCUT2D eigenvalue weighted by Crippen LogP contribution is 2.35. The van der Waals surface area contributed by atoms with Crippen molar-refractivity contribution in [2.75, 3.05) is 31.2 Å². The zero-order chi connectivity index (χ0) is 21.3. The molecule has 2 aliphatic heterocycles. The largest absolute Gasteiger partial charge is 0.378 e. The van der Waals surface area contributed by atoms with Gasteiger partial charge < -0.3 is 15.0 Å². The van der Waals surface area contributed by atoms with Crippen molar-refractivity contribution in [3.05, 3.63) is 76.2 Å². The molecule has 1 N–H and O–H groups in total. The SMILES string of the molecule is CC1=C(C(=O)N2CCOCC2)C(c2ccccc2)NC(=S)N1c1ccc(F)c(Cl)c1. The minimum Gasteiger partial charge on any atom is -0.378 e. The van der Waals surface area contributed by atoms with Crippen LogP contribution in [0.15, 0.2) is 59.8 Å². The zero-order valence-electron chi connectivity index (χ0n) is 16.4. The van der Waals surface area contributed by atoms with Crippen molar-refractivity contribution in [2.24, 2.45) is 0 Å². The molecule has 2 aliphatic rings. The van der Waals surface area contributed by atoms with Crippen molar-refractivity contribution in [1.29, 1.82) is 0 Å². The molecular weight excluding hydrogens is 425 g/mol. The Balaban J connectivity index is 1.82. The van der Waals surface area contributed by atoms with Gasteiger partial charge in [0.2, 0.25) is 0 Å². The summed E-state index contributed by atoms with van der Waals surface area (Å²) in [6, 6.07) is 13.7. The molecule has 0 spiro atoms. The number of halogens is 2. The highest BCUT2D eigenvalue weighted by atomic mass is 35.5. The average Bonchev–Trinajstić information content (AvgIpc) is 2.76. The van der Waals surface area contributed by atoms with E-state index in [4.69, 9.17) is 28.6 Å². The highest BCUT2D eigenvalue weighted by Gasteiger charge is 2.36. The summed E-state index contributed by atoms with van der Waals surface area (Å²) in [5.74, 6) is -0.581. The summed E-state index contributed by atoms with van der Waals surface area (Å²) in [5, 5.41) is 3.71. The number of nitrogens with one attached hydrogen (secondary N) is 1. The lowest BCUT2D eigenvalue weighted by Crippen LogP contribution is -2.51. The molecule has 0 aliphatic carbocycles. The predicted octanol–water partition coefficient (Wildman–Crippen LogP) is 4.05. The number of hydrogen-bond donors (Lipinski definition) is 1. The molecule has 1 atom stereocenters. The topological polar surface area (TPSA) is 44.8 Å². The van der Waals surface area contributed by atoms with E-state index in [1.807, 2.05) is 37.3 Å². The van der Waals surface area contributed by atoms with E-state index >= 15 is 0 Å². The van der Waals surface area contributed by atoms with Gasteiger partial charge >= 0.3 is 0 Å². The molecule has 1 unspecified atom stereocenters. The van der Waals surface area contributed by atoms with Crippen LogP contribution in [-0.4, -0.2) is 42.2 Å². The van der Waals surface area contributed by atoms with E-state index in [1.165, 1.54) is 12.1 Å². The number of carbonyl (C=O) groups excluding carboxylic acids is 1. The van der Waals surface area contributed by atoms with E-state index < -0.39 is 5.82 Å². The van der Waals surface area contributed by atoms with Crippen molar-refractivity contribution < 1.29 is 13.9 Å². The third-order valence-electron chi connectivity index (χ3n) is 5.31. The fraction of sp³-hybridized carbons (Fsp3) is 0.273. The Bertz CT molecular complexity index is 1010. The number of anilines is 1. The third kappa shape index (κ3) is 3.93. The molecule has 0 aromatic heterocycles. The van der Waals surface area contributed by atoms with Gasteiger partial charge in [0, 0.05) is 24.5 Å². The maximum absolute atomic E-state index is 13.7. The second-order valence-electron chi connectivity index (χ2n) is 7.13. The maximum Gasteiger partial charge on any atom is 0.254 e. The lowest BCUT2D eigenvalue weighted by molar-refractivity contribution is -0.131. The first-order chi connectivity index (χ1) is 14.5. The van der Waals surface area contributed by atoms with Crippen LogP contribution in [-0.2, 0) is 9.53 Å². The summed E-state index contributed by atoms with van der Waals surface area (Å²) in [6.07, 6.45) is 0. The van der Waals surface area contributed by atoms with Gasteiger partial charge in [0.05, 0.1) is 29.9 Å². The van der Waals surface area contributed by atoms with E-state index in [-0.39, 0.29) is 17.0 Å². The summed E-state index contributed by atoms with van der Waals surface area (Å²) >= 11 is 11.6. The van der Waals surface area contributed by atoms with Crippen LogP contribution in [0.2, 0.25) is 5.02 Å². The molecule has 0 saturated carbocycles. The molecule has 0 radical (unpaired) electrons. The predicted molar refractivity (Wildman–Crippen MR) is 119 cm³/mol. The minimum absolute atomic E-state index is 0.00524. The van der Waals surface area contributed by atoms with E-state index in [0.717, 1.165) is 5.56 Å². The number of hydrogen-bond acceptors (Lipinski definition) is 3. The number of nitrogens with zero attached hydrogens (tertiary/aromatic N) is 2. The third-order valence-corrected chi connectivity index (χ3v) is 5.90. The Hall–Kier alpha value is -2.48. The van der Waals surface area contributed by atoms with Crippen LogP contribution < -0.4 is 10.2 Å². The lowest BCUT2D eigenvalue weighted by Gasteiger charge is -2.40. The normalized spacial score (nSPS) is 19.7. The number of amides is 1. The van der Waals surface area contributed by atoms with Crippen LogP contribution in [0.5, 0.6) is 0 Å². The molecule has 5 nitrogen and oxygen atoms in total. The summed E-state index contributed by atoms with van der Waals surface area (Å²) in [6.45, 7) is 3.94. The van der Waals surface area contributed by atoms with Crippen LogP contribution in [0.3, 0.4) is 0 Å². The summed E-state index contributed by atoms with van der Waals surface area (Å²) in [5.41, 5.74) is 2.81. The van der Waals surface area contributed by atoms with Crippen LogP contribution in [0.4, 0.5) is 10.1 Å². The molecule has 2 aromatic carbocycles. The Morgan fingerprint density at radius 1 is 1.20 bits per heavy atom. The lowest BCUT2D eigenvalue weighted by atomic mass is 9.93. The Morgan fingerprint density at radius 3 is 2.57 bits per heavy atom. The summed E-state index contributed by atoms with van der Waals surface area (Å²) in [7, 11) is 0. The van der Waals surface area contributed by atoms with Crippen molar-refractivity contribution in [3.8, 4) is 0 Å². The molecule has 4 rings (SSSR count). The smallest absolute Gasteiger partial charge is 0.254 e. The molecule has 30 heavy (non-hydrogen) atoms. The van der Waals surface area contributed by atoms with Gasteiger partial charge in [0.1, 0.15) is 5.82 Å². The van der Waals surface area contributed by atoms with E-state index in [1.54, 1.807) is 15.9 Å². The summed E-state index contributed by atoms with van der Waals surface area (Å²) < 4.78 is 19.1. The quantitative estimate of drug-likeness (QED) is 0.722. The van der Waals surface area contributed by atoms with Gasteiger partial charge in [-0.1, -0.05) is 41.9 Å². The van der Waals surface area contributed by atoms with Gasteiger partial charge in [-0.05, 0) is 42.9 Å². The maximum atomic E-state index is 13.7. The molecular formula is C22H21ClFN3O2S. The number of rotatable bonds is 3. The van der Waals surface area contributed by atoms with Gasteiger partial charge in [-0.3, -0.25) is 9.69 Å². The van der Waals surface area contributed by atoms with Crippen LogP contribution in [0.25, 0.3) is 0 Å². The first kappa shape index (κ1) is 20.8. The van der Waals surface area contributed by atoms with Crippen molar-refractivity contribution in [3.63, 3.8) is 0 Å². The molecule has 8 heteroatoms. The Kier molecular flexibility index (Phi) is 6.04. The van der Waals surface area contributed by atoms with Crippen LogP contribution in [0, 0.1) is 5.82 Å². The molecule has 0 bridgehead atoms. The first-order valence-corrected chi connectivity index (χ1v) is 10.4. The van der Waals surface area contributed by atoms with Crippen LogP contribution in [0.1, 0.15) is 18.5 Å². The standard InChI is InChI=1S/C22H21ClFN3O2S/c1-14-19(21(28)26-9-11-29-12-10-26)20(15-5-3-2-4-6-15)25-22(30)27(14)16-7-8-18(24)17(23)13-16/h2-8,13,20H,9-12H2,1H3,(H,25,30). The fourth-order valence-corrected chi connectivity index (χ4v) is 4.32. The molecule has 2 aromatic rings. The highest BCUT2D eigenvalue weighted by molar-refractivity contribution is 7.80. The minimum atomic E-state index is -0.510. The average molecular weight is 446 g/mol. The second-order valence-corrected chi connectivity index (χ2v) is 7.92.